The van der Waals surface area contributed by atoms with Crippen molar-refractivity contribution in [1.29, 1.82) is 0 Å². The molecule has 2 N–H and O–H groups in total. The zero-order chi connectivity index (χ0) is 21.6. The summed E-state index contributed by atoms with van der Waals surface area (Å²) in [6.07, 6.45) is -0.00188. The highest BCUT2D eigenvalue weighted by Crippen LogP contribution is 2.21. The molecule has 0 unspecified atom stereocenters. The van der Waals surface area contributed by atoms with Gasteiger partial charge in [-0.3, -0.25) is 9.69 Å². The first-order valence-corrected chi connectivity index (χ1v) is 10.7. The van der Waals surface area contributed by atoms with Gasteiger partial charge in [-0.15, -0.1) is 0 Å². The van der Waals surface area contributed by atoms with E-state index in [9.17, 15) is 22.8 Å². The lowest BCUT2D eigenvalue weighted by Gasteiger charge is -2.16. The van der Waals surface area contributed by atoms with Crippen LogP contribution < -0.4 is 10.6 Å². The summed E-state index contributed by atoms with van der Waals surface area (Å²) in [6, 6.07) is 5.35. The van der Waals surface area contributed by atoms with E-state index in [2.05, 4.69) is 14.8 Å². The van der Waals surface area contributed by atoms with Crippen LogP contribution in [-0.2, 0) is 25.5 Å². The number of hydrogen-bond donors (Lipinski definition) is 2. The Morgan fingerprint density at radius 1 is 1.14 bits per heavy atom. The summed E-state index contributed by atoms with van der Waals surface area (Å²) in [5, 5.41) is 4.94. The van der Waals surface area contributed by atoms with Crippen molar-refractivity contribution in [3.63, 3.8) is 0 Å². The van der Waals surface area contributed by atoms with E-state index in [0.717, 1.165) is 11.1 Å². The van der Waals surface area contributed by atoms with Crippen LogP contribution >= 0.6 is 0 Å². The number of carbonyl (C=O) groups excluding carboxylic acids is 3. The van der Waals surface area contributed by atoms with E-state index in [1.807, 2.05) is 13.8 Å². The van der Waals surface area contributed by atoms with Gasteiger partial charge >= 0.3 is 22.2 Å². The number of benzene rings is 1. The van der Waals surface area contributed by atoms with Crippen LogP contribution in [0.3, 0.4) is 0 Å². The molecule has 1 aliphatic rings. The van der Waals surface area contributed by atoms with Crippen LogP contribution in [0.2, 0.25) is 0 Å². The van der Waals surface area contributed by atoms with Gasteiger partial charge in [-0.05, 0) is 50.0 Å². The molecule has 4 amide bonds. The van der Waals surface area contributed by atoms with Crippen molar-refractivity contribution in [3.05, 3.63) is 41.0 Å². The van der Waals surface area contributed by atoms with Crippen LogP contribution in [0.15, 0.2) is 40.3 Å². The first-order valence-electron chi connectivity index (χ1n) is 9.29. The molecule has 0 atom stereocenters. The van der Waals surface area contributed by atoms with Gasteiger partial charge in [-0.2, -0.15) is 8.42 Å². The predicted molar refractivity (Wildman–Crippen MR) is 106 cm³/mol. The van der Waals surface area contributed by atoms with Crippen molar-refractivity contribution in [2.45, 2.75) is 38.5 Å². The van der Waals surface area contributed by atoms with Gasteiger partial charge in [-0.1, -0.05) is 19.1 Å². The molecule has 0 saturated heterocycles. The third-order valence-corrected chi connectivity index (χ3v) is 5.64. The van der Waals surface area contributed by atoms with Gasteiger partial charge in [0.25, 0.3) is 5.91 Å². The molecule has 29 heavy (non-hydrogen) atoms. The third kappa shape index (κ3) is 5.57. The minimum absolute atomic E-state index is 0.146. The van der Waals surface area contributed by atoms with Gasteiger partial charge in [0.05, 0.1) is 6.54 Å². The number of imide groups is 1. The van der Waals surface area contributed by atoms with E-state index in [0.29, 0.717) is 25.0 Å². The van der Waals surface area contributed by atoms with Crippen LogP contribution in [0.1, 0.15) is 32.8 Å². The minimum atomic E-state index is -4.19. The van der Waals surface area contributed by atoms with Crippen molar-refractivity contribution < 1.29 is 27.0 Å². The molecule has 1 aliphatic heterocycles. The largest absolute Gasteiger partial charge is 0.423 e. The van der Waals surface area contributed by atoms with Crippen LogP contribution in [0, 0.1) is 0 Å². The summed E-state index contributed by atoms with van der Waals surface area (Å²) in [5.74, 6) is -0.260. The number of hydrogen-bond acceptors (Lipinski definition) is 6. The number of carbonyl (C=O) groups is 3. The van der Waals surface area contributed by atoms with Crippen LogP contribution in [0.4, 0.5) is 9.59 Å². The van der Waals surface area contributed by atoms with Crippen molar-refractivity contribution in [1.82, 2.24) is 15.5 Å². The standard InChI is InChI=1S/C19H25N3O6S/c1-4-16-13(3)12-22(17(16)23)18(24)21-11-10-14-6-8-15(9-7-14)29(26,27)28-19(25)20-5-2/h6-9H,4-5,10-12H2,1-3H3,(H,20,25)(H,21,24). The van der Waals surface area contributed by atoms with Gasteiger partial charge in [0, 0.05) is 18.7 Å². The number of amides is 4. The molecule has 1 aromatic rings. The Morgan fingerprint density at radius 3 is 2.34 bits per heavy atom. The third-order valence-electron chi connectivity index (χ3n) is 4.42. The van der Waals surface area contributed by atoms with Crippen LogP contribution in [0.25, 0.3) is 0 Å². The highest BCUT2D eigenvalue weighted by Gasteiger charge is 2.31. The zero-order valence-electron chi connectivity index (χ0n) is 16.6. The summed E-state index contributed by atoms with van der Waals surface area (Å²) < 4.78 is 28.4. The second-order valence-electron chi connectivity index (χ2n) is 6.48. The van der Waals surface area contributed by atoms with E-state index >= 15 is 0 Å². The van der Waals surface area contributed by atoms with Gasteiger partial charge < -0.3 is 14.8 Å². The lowest BCUT2D eigenvalue weighted by Crippen LogP contribution is -2.42. The Balaban J connectivity index is 1.87. The van der Waals surface area contributed by atoms with E-state index in [4.69, 9.17) is 0 Å². The fourth-order valence-corrected chi connectivity index (χ4v) is 3.74. The fraction of sp³-hybridized carbons (Fsp3) is 0.421. The SMILES string of the molecule is CCNC(=O)OS(=O)(=O)c1ccc(CCNC(=O)N2CC(C)=C(CC)C2=O)cc1. The van der Waals surface area contributed by atoms with Gasteiger partial charge in [0.1, 0.15) is 4.90 Å². The van der Waals surface area contributed by atoms with Crippen molar-refractivity contribution >= 4 is 28.1 Å². The van der Waals surface area contributed by atoms with E-state index in [1.165, 1.54) is 17.0 Å². The molecule has 9 nitrogen and oxygen atoms in total. The average Bonchev–Trinajstić information content (AvgIpc) is 2.95. The smallest absolute Gasteiger partial charge is 0.337 e. The van der Waals surface area contributed by atoms with E-state index in [1.54, 1.807) is 19.1 Å². The normalized spacial score (nSPS) is 14.2. The quantitative estimate of drug-likeness (QED) is 0.647. The molecule has 1 aromatic carbocycles. The Kier molecular flexibility index (Phi) is 7.38. The van der Waals surface area contributed by atoms with Gasteiger partial charge in [-0.25, -0.2) is 9.59 Å². The number of rotatable bonds is 7. The van der Waals surface area contributed by atoms with Crippen molar-refractivity contribution in [2.24, 2.45) is 0 Å². The number of nitrogens with one attached hydrogen (secondary N) is 2. The maximum absolute atomic E-state index is 12.2. The van der Waals surface area contributed by atoms with E-state index in [-0.39, 0.29) is 23.9 Å². The molecule has 0 fully saturated rings. The summed E-state index contributed by atoms with van der Waals surface area (Å²) in [5.41, 5.74) is 2.35. The first kappa shape index (κ1) is 22.4. The maximum atomic E-state index is 12.2. The monoisotopic (exact) mass is 423 g/mol. The maximum Gasteiger partial charge on any atom is 0.423 e. The topological polar surface area (TPSA) is 122 Å². The summed E-state index contributed by atoms with van der Waals surface area (Å²) in [6.45, 7) is 6.19. The molecule has 0 bridgehead atoms. The molecule has 0 saturated carbocycles. The predicted octanol–water partition coefficient (Wildman–Crippen LogP) is 1.94. The zero-order valence-corrected chi connectivity index (χ0v) is 17.5. The Bertz CT molecular complexity index is 922. The van der Waals surface area contributed by atoms with Crippen molar-refractivity contribution in [3.8, 4) is 0 Å². The Morgan fingerprint density at radius 2 is 1.79 bits per heavy atom. The molecular weight excluding hydrogens is 398 g/mol. The molecule has 0 radical (unpaired) electrons. The average molecular weight is 423 g/mol. The number of urea groups is 1. The van der Waals surface area contributed by atoms with Crippen molar-refractivity contribution in [2.75, 3.05) is 19.6 Å². The fourth-order valence-electron chi connectivity index (χ4n) is 2.92. The molecule has 1 heterocycles. The second kappa shape index (κ2) is 9.55. The van der Waals surface area contributed by atoms with E-state index < -0.39 is 22.2 Å². The second-order valence-corrected chi connectivity index (χ2v) is 8.03. The number of nitrogens with zero attached hydrogens (tertiary/aromatic N) is 1. The summed E-state index contributed by atoms with van der Waals surface area (Å²) >= 11 is 0. The summed E-state index contributed by atoms with van der Waals surface area (Å²) in [4.78, 5) is 36.8. The molecule has 10 heteroatoms. The lowest BCUT2D eigenvalue weighted by atomic mass is 10.1. The molecule has 0 aliphatic carbocycles. The molecule has 2 rings (SSSR count). The molecule has 0 spiro atoms. The highest BCUT2D eigenvalue weighted by molar-refractivity contribution is 7.87. The highest BCUT2D eigenvalue weighted by atomic mass is 32.2. The molecular formula is C19H25N3O6S. The van der Waals surface area contributed by atoms with Crippen LogP contribution in [-0.4, -0.2) is 51.0 Å². The molecule has 0 aromatic heterocycles. The van der Waals surface area contributed by atoms with Crippen LogP contribution in [0.5, 0.6) is 0 Å². The minimum Gasteiger partial charge on any atom is -0.337 e. The Labute approximate surface area is 170 Å². The Hall–Kier alpha value is -2.88. The van der Waals surface area contributed by atoms with Gasteiger partial charge in [0.2, 0.25) is 0 Å². The van der Waals surface area contributed by atoms with Gasteiger partial charge in [0.15, 0.2) is 0 Å². The first-order chi connectivity index (χ1) is 13.7. The summed E-state index contributed by atoms with van der Waals surface area (Å²) in [7, 11) is -4.19. The lowest BCUT2D eigenvalue weighted by molar-refractivity contribution is -0.123. The molecule has 158 valence electrons.